The Morgan fingerprint density at radius 2 is 2.14 bits per heavy atom. The number of oxazole rings is 1. The molecule has 2 aromatic rings. The standard InChI is InChI=1S/C16H18N2O4/c1-3-15-18-10(2)13(22-15)8-17-16(19)14-9-20-11-6-4-5-7-12(11)21-14/h4-7,14H,3,8-9H2,1-2H3,(H,17,19). The number of hydrogen-bond acceptors (Lipinski definition) is 5. The van der Waals surface area contributed by atoms with E-state index in [4.69, 9.17) is 13.9 Å². The molecule has 22 heavy (non-hydrogen) atoms. The number of aromatic nitrogens is 1. The van der Waals surface area contributed by atoms with Crippen molar-refractivity contribution >= 4 is 5.91 Å². The van der Waals surface area contributed by atoms with Gasteiger partial charge in [-0.3, -0.25) is 4.79 Å². The van der Waals surface area contributed by atoms with Crippen LogP contribution in [0.15, 0.2) is 28.7 Å². The van der Waals surface area contributed by atoms with Gasteiger partial charge < -0.3 is 19.2 Å². The van der Waals surface area contributed by atoms with E-state index < -0.39 is 6.10 Å². The Bertz CT molecular complexity index is 681. The Labute approximate surface area is 128 Å². The molecule has 1 aliphatic heterocycles. The Morgan fingerprint density at radius 1 is 1.36 bits per heavy atom. The molecule has 116 valence electrons. The second-order valence-corrected chi connectivity index (χ2v) is 5.05. The molecular weight excluding hydrogens is 284 g/mol. The van der Waals surface area contributed by atoms with E-state index in [2.05, 4.69) is 10.3 Å². The molecule has 0 radical (unpaired) electrons. The molecule has 1 aliphatic rings. The third kappa shape index (κ3) is 2.90. The predicted molar refractivity (Wildman–Crippen MR) is 78.8 cm³/mol. The normalized spacial score (nSPS) is 16.4. The highest BCUT2D eigenvalue weighted by atomic mass is 16.6. The summed E-state index contributed by atoms with van der Waals surface area (Å²) in [5.41, 5.74) is 0.795. The van der Waals surface area contributed by atoms with Crippen LogP contribution in [0.5, 0.6) is 11.5 Å². The van der Waals surface area contributed by atoms with E-state index >= 15 is 0 Å². The lowest BCUT2D eigenvalue weighted by Crippen LogP contribution is -2.43. The van der Waals surface area contributed by atoms with Gasteiger partial charge in [-0.15, -0.1) is 0 Å². The fourth-order valence-electron chi connectivity index (χ4n) is 2.23. The summed E-state index contributed by atoms with van der Waals surface area (Å²) < 4.78 is 16.7. The number of nitrogens with zero attached hydrogens (tertiary/aromatic N) is 1. The maximum Gasteiger partial charge on any atom is 0.265 e. The number of benzene rings is 1. The van der Waals surface area contributed by atoms with Gasteiger partial charge in [-0.2, -0.15) is 0 Å². The maximum absolute atomic E-state index is 12.2. The lowest BCUT2D eigenvalue weighted by molar-refractivity contribution is -0.130. The van der Waals surface area contributed by atoms with Crippen LogP contribution in [0.2, 0.25) is 0 Å². The van der Waals surface area contributed by atoms with Gasteiger partial charge in [0, 0.05) is 6.42 Å². The van der Waals surface area contributed by atoms with Crippen molar-refractivity contribution in [2.75, 3.05) is 6.61 Å². The van der Waals surface area contributed by atoms with Crippen LogP contribution in [-0.4, -0.2) is 23.6 Å². The van der Waals surface area contributed by atoms with Crippen molar-refractivity contribution in [2.24, 2.45) is 0 Å². The number of carbonyl (C=O) groups excluding carboxylic acids is 1. The Kier molecular flexibility index (Phi) is 4.00. The smallest absolute Gasteiger partial charge is 0.265 e. The molecule has 0 saturated carbocycles. The minimum Gasteiger partial charge on any atom is -0.485 e. The van der Waals surface area contributed by atoms with Gasteiger partial charge in [0.1, 0.15) is 12.4 Å². The van der Waals surface area contributed by atoms with Gasteiger partial charge in [0.05, 0.1) is 12.2 Å². The fourth-order valence-corrected chi connectivity index (χ4v) is 2.23. The first-order valence-electron chi connectivity index (χ1n) is 7.28. The van der Waals surface area contributed by atoms with Crippen LogP contribution in [0.25, 0.3) is 0 Å². The van der Waals surface area contributed by atoms with Gasteiger partial charge in [0.25, 0.3) is 5.91 Å². The molecule has 1 N–H and O–H groups in total. The average Bonchev–Trinajstić information content (AvgIpc) is 2.92. The summed E-state index contributed by atoms with van der Waals surface area (Å²) >= 11 is 0. The molecule has 1 aromatic heterocycles. The summed E-state index contributed by atoms with van der Waals surface area (Å²) in [5.74, 6) is 2.35. The van der Waals surface area contributed by atoms with Crippen LogP contribution in [0.1, 0.15) is 24.3 Å². The molecule has 1 unspecified atom stereocenters. The highest BCUT2D eigenvalue weighted by molar-refractivity contribution is 5.81. The van der Waals surface area contributed by atoms with Crippen molar-refractivity contribution in [3.63, 3.8) is 0 Å². The molecule has 0 aliphatic carbocycles. The van der Waals surface area contributed by atoms with E-state index in [9.17, 15) is 4.79 Å². The van der Waals surface area contributed by atoms with Crippen LogP contribution < -0.4 is 14.8 Å². The SMILES string of the molecule is CCc1nc(C)c(CNC(=O)C2COc3ccccc3O2)o1. The van der Waals surface area contributed by atoms with Gasteiger partial charge in [-0.1, -0.05) is 19.1 Å². The highest BCUT2D eigenvalue weighted by Gasteiger charge is 2.27. The number of nitrogens with one attached hydrogen (secondary N) is 1. The van der Waals surface area contributed by atoms with Gasteiger partial charge >= 0.3 is 0 Å². The highest BCUT2D eigenvalue weighted by Crippen LogP contribution is 2.30. The van der Waals surface area contributed by atoms with Crippen molar-refractivity contribution < 1.29 is 18.7 Å². The van der Waals surface area contributed by atoms with Crippen molar-refractivity contribution in [2.45, 2.75) is 32.9 Å². The van der Waals surface area contributed by atoms with Crippen LogP contribution in [0.4, 0.5) is 0 Å². The average molecular weight is 302 g/mol. The van der Waals surface area contributed by atoms with E-state index in [1.807, 2.05) is 32.0 Å². The van der Waals surface area contributed by atoms with E-state index in [0.717, 1.165) is 12.1 Å². The number of hydrogen-bond donors (Lipinski definition) is 1. The van der Waals surface area contributed by atoms with Gasteiger partial charge in [-0.25, -0.2) is 4.98 Å². The molecule has 1 aromatic carbocycles. The maximum atomic E-state index is 12.2. The summed E-state index contributed by atoms with van der Waals surface area (Å²) in [6.07, 6.45) is 0.0642. The first-order chi connectivity index (χ1) is 10.7. The second-order valence-electron chi connectivity index (χ2n) is 5.05. The van der Waals surface area contributed by atoms with Crippen LogP contribution >= 0.6 is 0 Å². The zero-order chi connectivity index (χ0) is 15.5. The molecule has 0 bridgehead atoms. The number of rotatable bonds is 4. The Morgan fingerprint density at radius 3 is 2.86 bits per heavy atom. The summed E-state index contributed by atoms with van der Waals surface area (Å²) in [5, 5.41) is 2.80. The number of para-hydroxylation sites is 2. The zero-order valence-electron chi connectivity index (χ0n) is 12.6. The number of carbonyl (C=O) groups is 1. The Hall–Kier alpha value is -2.50. The molecule has 1 atom stereocenters. The summed E-state index contributed by atoms with van der Waals surface area (Å²) in [4.78, 5) is 16.5. The lowest BCUT2D eigenvalue weighted by Gasteiger charge is -2.25. The van der Waals surface area contributed by atoms with Crippen molar-refractivity contribution in [3.05, 3.63) is 41.6 Å². The number of amides is 1. The molecule has 0 fully saturated rings. The molecule has 0 saturated heterocycles. The zero-order valence-corrected chi connectivity index (χ0v) is 12.6. The van der Waals surface area contributed by atoms with E-state index in [0.29, 0.717) is 29.7 Å². The molecule has 0 spiro atoms. The summed E-state index contributed by atoms with van der Waals surface area (Å²) in [6, 6.07) is 7.30. The van der Waals surface area contributed by atoms with Crippen molar-refractivity contribution in [3.8, 4) is 11.5 Å². The molecule has 3 rings (SSSR count). The van der Waals surface area contributed by atoms with Crippen molar-refractivity contribution in [1.29, 1.82) is 0 Å². The molecule has 6 nitrogen and oxygen atoms in total. The van der Waals surface area contributed by atoms with Crippen LogP contribution in [-0.2, 0) is 17.8 Å². The minimum absolute atomic E-state index is 0.193. The summed E-state index contributed by atoms with van der Waals surface area (Å²) in [6.45, 7) is 4.32. The fraction of sp³-hybridized carbons (Fsp3) is 0.375. The summed E-state index contributed by atoms with van der Waals surface area (Å²) in [7, 11) is 0. The number of aryl methyl sites for hydroxylation is 2. The van der Waals surface area contributed by atoms with Gasteiger partial charge in [0.15, 0.2) is 17.4 Å². The number of ether oxygens (including phenoxy) is 2. The van der Waals surface area contributed by atoms with E-state index in [-0.39, 0.29) is 12.5 Å². The van der Waals surface area contributed by atoms with Gasteiger partial charge in [0.2, 0.25) is 6.10 Å². The predicted octanol–water partition coefficient (Wildman–Crippen LogP) is 2.00. The largest absolute Gasteiger partial charge is 0.485 e. The van der Waals surface area contributed by atoms with Crippen LogP contribution in [0.3, 0.4) is 0 Å². The monoisotopic (exact) mass is 302 g/mol. The minimum atomic E-state index is -0.663. The van der Waals surface area contributed by atoms with Gasteiger partial charge in [-0.05, 0) is 19.1 Å². The first kappa shape index (κ1) is 14.4. The van der Waals surface area contributed by atoms with Crippen molar-refractivity contribution in [1.82, 2.24) is 10.3 Å². The molecule has 6 heteroatoms. The quantitative estimate of drug-likeness (QED) is 0.935. The molecule has 1 amide bonds. The third-order valence-corrected chi connectivity index (χ3v) is 3.46. The number of fused-ring (bicyclic) bond motifs is 1. The first-order valence-corrected chi connectivity index (χ1v) is 7.28. The Balaban J connectivity index is 1.60. The lowest BCUT2D eigenvalue weighted by atomic mass is 10.2. The van der Waals surface area contributed by atoms with E-state index in [1.54, 1.807) is 6.07 Å². The van der Waals surface area contributed by atoms with Crippen LogP contribution in [0, 0.1) is 6.92 Å². The molecule has 2 heterocycles. The van der Waals surface area contributed by atoms with E-state index in [1.165, 1.54) is 0 Å². The second kappa shape index (κ2) is 6.09. The third-order valence-electron chi connectivity index (χ3n) is 3.46. The molecular formula is C16H18N2O4. The topological polar surface area (TPSA) is 73.6 Å².